The van der Waals surface area contributed by atoms with Crippen LogP contribution in [0.25, 0.3) is 11.5 Å². The average Bonchev–Trinajstić information content (AvgIpc) is 3.37. The largest absolute Gasteiger partial charge is 0.455 e. The summed E-state index contributed by atoms with van der Waals surface area (Å²) in [6, 6.07) is 7.22. The second-order valence-corrected chi connectivity index (χ2v) is 8.24. The fourth-order valence-corrected chi connectivity index (χ4v) is 4.03. The number of benzene rings is 1. The molecule has 0 saturated heterocycles. The van der Waals surface area contributed by atoms with Crippen molar-refractivity contribution in [2.24, 2.45) is 0 Å². The maximum absolute atomic E-state index is 13.3. The number of fused-ring (bicyclic) bond motifs is 1. The van der Waals surface area contributed by atoms with Gasteiger partial charge in [-0.05, 0) is 50.5 Å². The molecule has 3 aromatic rings. The van der Waals surface area contributed by atoms with Crippen LogP contribution in [0.4, 0.5) is 0 Å². The molecule has 2 aliphatic rings. The fourth-order valence-electron chi connectivity index (χ4n) is 3.91. The van der Waals surface area contributed by atoms with Gasteiger partial charge in [0.1, 0.15) is 5.76 Å². The molecule has 2 aliphatic carbocycles. The lowest BCUT2D eigenvalue weighted by atomic mass is 9.94. The van der Waals surface area contributed by atoms with Crippen molar-refractivity contribution in [2.75, 3.05) is 0 Å². The highest BCUT2D eigenvalue weighted by molar-refractivity contribution is 6.30. The summed E-state index contributed by atoms with van der Waals surface area (Å²) in [5.41, 5.74) is 1.98. The number of aromatic nitrogens is 2. The zero-order chi connectivity index (χ0) is 20.8. The van der Waals surface area contributed by atoms with Crippen molar-refractivity contribution in [2.45, 2.75) is 51.6 Å². The Hall–Kier alpha value is -2.93. The molecular weight excluding hydrogens is 406 g/mol. The highest BCUT2D eigenvalue weighted by atomic mass is 35.5. The zero-order valence-electron chi connectivity index (χ0n) is 16.5. The van der Waals surface area contributed by atoms with E-state index in [1.54, 1.807) is 36.1 Å². The molecule has 8 heteroatoms. The van der Waals surface area contributed by atoms with Crippen LogP contribution in [0.5, 0.6) is 0 Å². The van der Waals surface area contributed by atoms with Crippen LogP contribution in [0.1, 0.15) is 63.8 Å². The molecule has 0 atom stereocenters. The SMILES string of the molecule is Cc1c(C(=O)N(Cc2nnc(-c3ccc(Cl)cc3)o2)C2CC2)oc2c1C(=O)CCC2. The number of carbonyl (C=O) groups excluding carboxylic acids is 2. The summed E-state index contributed by atoms with van der Waals surface area (Å²) in [5, 5.41) is 8.83. The minimum absolute atomic E-state index is 0.0547. The summed E-state index contributed by atoms with van der Waals surface area (Å²) in [4.78, 5) is 27.3. The van der Waals surface area contributed by atoms with Crippen LogP contribution in [0.2, 0.25) is 5.02 Å². The highest BCUT2D eigenvalue weighted by Gasteiger charge is 2.38. The van der Waals surface area contributed by atoms with E-state index in [0.717, 1.165) is 24.8 Å². The average molecular weight is 426 g/mol. The van der Waals surface area contributed by atoms with Crippen molar-refractivity contribution in [1.82, 2.24) is 15.1 Å². The number of Topliss-reactive ketones (excluding diaryl/α,β-unsaturated/α-hetero) is 1. The molecule has 30 heavy (non-hydrogen) atoms. The smallest absolute Gasteiger partial charge is 0.290 e. The molecule has 0 radical (unpaired) electrons. The summed E-state index contributed by atoms with van der Waals surface area (Å²) >= 11 is 5.93. The van der Waals surface area contributed by atoms with Crippen molar-refractivity contribution >= 4 is 23.3 Å². The number of amides is 1. The number of carbonyl (C=O) groups is 2. The van der Waals surface area contributed by atoms with E-state index in [9.17, 15) is 9.59 Å². The highest BCUT2D eigenvalue weighted by Crippen LogP contribution is 2.34. The number of aryl methyl sites for hydroxylation is 1. The summed E-state index contributed by atoms with van der Waals surface area (Å²) in [6.07, 6.45) is 3.79. The lowest BCUT2D eigenvalue weighted by Gasteiger charge is -2.19. The first-order valence-corrected chi connectivity index (χ1v) is 10.4. The van der Waals surface area contributed by atoms with E-state index >= 15 is 0 Å². The standard InChI is InChI=1S/C22H20ClN3O4/c1-12-19-16(27)3-2-4-17(19)29-20(12)22(28)26(15-9-10-15)11-18-24-25-21(30-18)13-5-7-14(23)8-6-13/h5-8,15H,2-4,9-11H2,1H3. The van der Waals surface area contributed by atoms with Crippen LogP contribution in [0.15, 0.2) is 33.1 Å². The Morgan fingerprint density at radius 1 is 1.17 bits per heavy atom. The second-order valence-electron chi connectivity index (χ2n) is 7.80. The molecule has 1 aromatic carbocycles. The number of hydrogen-bond donors (Lipinski definition) is 0. The van der Waals surface area contributed by atoms with Crippen LogP contribution >= 0.6 is 11.6 Å². The van der Waals surface area contributed by atoms with E-state index < -0.39 is 0 Å². The van der Waals surface area contributed by atoms with Gasteiger partial charge < -0.3 is 13.7 Å². The van der Waals surface area contributed by atoms with Crippen LogP contribution in [-0.4, -0.2) is 32.8 Å². The molecule has 2 heterocycles. The van der Waals surface area contributed by atoms with E-state index in [4.69, 9.17) is 20.4 Å². The number of hydrogen-bond acceptors (Lipinski definition) is 6. The fraction of sp³-hybridized carbons (Fsp3) is 0.364. The summed E-state index contributed by atoms with van der Waals surface area (Å²) in [5.74, 6) is 1.43. The maximum atomic E-state index is 13.3. The molecule has 0 bridgehead atoms. The van der Waals surface area contributed by atoms with Crippen molar-refractivity contribution < 1.29 is 18.4 Å². The normalized spacial score (nSPS) is 15.9. The Morgan fingerprint density at radius 3 is 2.63 bits per heavy atom. The number of halogens is 1. The number of furan rings is 1. The third kappa shape index (κ3) is 3.43. The third-order valence-corrected chi connectivity index (χ3v) is 5.86. The minimum Gasteiger partial charge on any atom is -0.455 e. The van der Waals surface area contributed by atoms with Gasteiger partial charge in [0.25, 0.3) is 5.91 Å². The lowest BCUT2D eigenvalue weighted by molar-refractivity contribution is 0.0678. The van der Waals surface area contributed by atoms with Gasteiger partial charge in [0.05, 0.1) is 12.1 Å². The predicted molar refractivity (Wildman–Crippen MR) is 108 cm³/mol. The van der Waals surface area contributed by atoms with Gasteiger partial charge >= 0.3 is 0 Å². The molecule has 2 aromatic heterocycles. The Labute approximate surface area is 178 Å². The number of rotatable bonds is 5. The number of nitrogens with zero attached hydrogens (tertiary/aromatic N) is 3. The third-order valence-electron chi connectivity index (χ3n) is 5.61. The van der Waals surface area contributed by atoms with Gasteiger partial charge in [-0.15, -0.1) is 10.2 Å². The molecule has 0 aliphatic heterocycles. The second kappa shape index (κ2) is 7.40. The van der Waals surface area contributed by atoms with Gasteiger partial charge in [-0.2, -0.15) is 0 Å². The first-order valence-electron chi connectivity index (χ1n) is 10.1. The molecule has 1 fully saturated rings. The van der Waals surface area contributed by atoms with Gasteiger partial charge in [0.2, 0.25) is 11.8 Å². The van der Waals surface area contributed by atoms with E-state index in [1.807, 2.05) is 0 Å². The summed E-state index contributed by atoms with van der Waals surface area (Å²) in [6.45, 7) is 1.98. The molecule has 0 unspecified atom stereocenters. The monoisotopic (exact) mass is 425 g/mol. The molecule has 1 amide bonds. The van der Waals surface area contributed by atoms with Gasteiger partial charge in [-0.3, -0.25) is 9.59 Å². The Kier molecular flexibility index (Phi) is 4.70. The Bertz CT molecular complexity index is 1130. The first-order chi connectivity index (χ1) is 14.5. The van der Waals surface area contributed by atoms with Gasteiger partial charge in [-0.25, -0.2) is 0 Å². The van der Waals surface area contributed by atoms with Crippen molar-refractivity contribution in [1.29, 1.82) is 0 Å². The van der Waals surface area contributed by atoms with Crippen molar-refractivity contribution in [3.05, 3.63) is 57.8 Å². The first kappa shape index (κ1) is 19.1. The van der Waals surface area contributed by atoms with Gasteiger partial charge in [0.15, 0.2) is 11.5 Å². The van der Waals surface area contributed by atoms with E-state index in [2.05, 4.69) is 10.2 Å². The quantitative estimate of drug-likeness (QED) is 0.592. The molecule has 5 rings (SSSR count). The van der Waals surface area contributed by atoms with Crippen LogP contribution in [0.3, 0.4) is 0 Å². The minimum atomic E-state index is -0.233. The summed E-state index contributed by atoms with van der Waals surface area (Å²) in [7, 11) is 0. The molecule has 0 spiro atoms. The molecule has 0 N–H and O–H groups in total. The predicted octanol–water partition coefficient (Wildman–Crippen LogP) is 4.62. The van der Waals surface area contributed by atoms with E-state index in [0.29, 0.717) is 46.5 Å². The topological polar surface area (TPSA) is 89.4 Å². The van der Waals surface area contributed by atoms with E-state index in [-0.39, 0.29) is 30.0 Å². The van der Waals surface area contributed by atoms with Crippen LogP contribution in [0, 0.1) is 6.92 Å². The lowest BCUT2D eigenvalue weighted by Crippen LogP contribution is -2.33. The zero-order valence-corrected chi connectivity index (χ0v) is 17.2. The van der Waals surface area contributed by atoms with E-state index in [1.165, 1.54) is 0 Å². The Morgan fingerprint density at radius 2 is 1.93 bits per heavy atom. The molecule has 7 nitrogen and oxygen atoms in total. The van der Waals surface area contributed by atoms with Crippen molar-refractivity contribution in [3.8, 4) is 11.5 Å². The molecule has 154 valence electrons. The Balaban J connectivity index is 1.40. The van der Waals surface area contributed by atoms with Crippen LogP contribution < -0.4 is 0 Å². The van der Waals surface area contributed by atoms with Gasteiger partial charge in [-0.1, -0.05) is 11.6 Å². The van der Waals surface area contributed by atoms with Crippen LogP contribution in [-0.2, 0) is 13.0 Å². The van der Waals surface area contributed by atoms with Gasteiger partial charge in [0, 0.05) is 35.0 Å². The van der Waals surface area contributed by atoms with Crippen molar-refractivity contribution in [3.63, 3.8) is 0 Å². The molecule has 1 saturated carbocycles. The number of ketones is 1. The maximum Gasteiger partial charge on any atom is 0.290 e. The summed E-state index contributed by atoms with van der Waals surface area (Å²) < 4.78 is 11.6. The molecular formula is C22H20ClN3O4.